The Morgan fingerprint density at radius 2 is 1.66 bits per heavy atom. The van der Waals surface area contributed by atoms with E-state index in [9.17, 15) is 9.59 Å². The van der Waals surface area contributed by atoms with Crippen LogP contribution in [0.5, 0.6) is 5.75 Å². The van der Waals surface area contributed by atoms with Crippen molar-refractivity contribution in [3.63, 3.8) is 0 Å². The highest BCUT2D eigenvalue weighted by Gasteiger charge is 2.25. The number of fused-ring (bicyclic) bond motifs is 1. The maximum atomic E-state index is 11.7. The maximum absolute atomic E-state index is 11.7. The van der Waals surface area contributed by atoms with E-state index in [1.807, 2.05) is 37.9 Å². The number of primary amides is 1. The van der Waals surface area contributed by atoms with E-state index in [1.54, 1.807) is 14.0 Å². The summed E-state index contributed by atoms with van der Waals surface area (Å²) in [5, 5.41) is 5.44. The smallest absolute Gasteiger partial charge is 0.234 e. The molecule has 0 spiro atoms. The summed E-state index contributed by atoms with van der Waals surface area (Å²) in [5.74, 6) is 1.11. The summed E-state index contributed by atoms with van der Waals surface area (Å²) in [4.78, 5) is 31.8. The Balaban J connectivity index is 0. The largest absolute Gasteiger partial charge is 0.493 e. The number of carbonyl (C=O) groups excluding carboxylic acids is 3. The number of likely N-dealkylation sites (tertiary alicyclic amines) is 1. The highest BCUT2D eigenvalue weighted by Crippen LogP contribution is 2.26. The van der Waals surface area contributed by atoms with Crippen LogP contribution in [0.15, 0.2) is 24.3 Å². The van der Waals surface area contributed by atoms with Crippen LogP contribution in [-0.4, -0.2) is 70.4 Å². The van der Waals surface area contributed by atoms with Gasteiger partial charge in [-0.3, -0.25) is 9.59 Å². The summed E-state index contributed by atoms with van der Waals surface area (Å²) < 4.78 is 5.42. The molecule has 1 atom stereocenters. The Bertz CT molecular complexity index is 667. The molecular weight excluding hydrogens is 444 g/mol. The fourth-order valence-corrected chi connectivity index (χ4v) is 3.05. The monoisotopic (exact) mass is 494 g/mol. The number of para-hydroxylation sites is 1. The number of hydrogen-bond acceptors (Lipinski definition) is 6. The molecule has 1 aromatic rings. The topological polar surface area (TPSA) is 114 Å². The zero-order chi connectivity index (χ0) is 27.3. The van der Waals surface area contributed by atoms with Gasteiger partial charge >= 0.3 is 0 Å². The van der Waals surface area contributed by atoms with Crippen LogP contribution in [0.1, 0.15) is 65.4 Å². The van der Waals surface area contributed by atoms with Crippen LogP contribution in [0.25, 0.3) is 0 Å². The fraction of sp³-hybridized carbons (Fsp3) is 0.667. The molecule has 1 fully saturated rings. The number of aryl methyl sites for hydroxylation is 1. The van der Waals surface area contributed by atoms with Crippen molar-refractivity contribution in [2.75, 3.05) is 40.8 Å². The molecule has 2 heterocycles. The van der Waals surface area contributed by atoms with Crippen molar-refractivity contribution in [1.29, 1.82) is 0 Å². The van der Waals surface area contributed by atoms with Crippen molar-refractivity contribution >= 4 is 18.6 Å². The van der Waals surface area contributed by atoms with E-state index in [4.69, 9.17) is 15.3 Å². The van der Waals surface area contributed by atoms with Gasteiger partial charge in [0.2, 0.25) is 11.8 Å². The Labute approximate surface area is 213 Å². The van der Waals surface area contributed by atoms with Crippen LogP contribution in [0, 0.1) is 5.41 Å². The van der Waals surface area contributed by atoms with Gasteiger partial charge in [-0.05, 0) is 70.8 Å². The second-order valence-electron chi connectivity index (χ2n) is 9.25. The lowest BCUT2D eigenvalue weighted by atomic mass is 9.86. The van der Waals surface area contributed by atoms with Crippen molar-refractivity contribution < 1.29 is 19.1 Å². The van der Waals surface area contributed by atoms with E-state index in [0.717, 1.165) is 38.3 Å². The average Bonchev–Trinajstić information content (AvgIpc) is 3.41. The molecule has 1 unspecified atom stereocenters. The van der Waals surface area contributed by atoms with Crippen LogP contribution in [0.2, 0.25) is 0 Å². The second kappa shape index (κ2) is 20.9. The van der Waals surface area contributed by atoms with Crippen LogP contribution in [0.4, 0.5) is 0 Å². The molecule has 0 saturated carbocycles. The van der Waals surface area contributed by atoms with Crippen LogP contribution in [-0.2, 0) is 20.8 Å². The molecule has 0 bridgehead atoms. The standard InChI is InChI=1S/C11H21NO.C9H10O.C4H10N2O.C2H7N.CH2O/c1-4-11(2,3)9-10(13)12-7-5-6-8-12;1-2-6-9-8(4-1)5-3-7-10-9;1-3(6-2)4(5)7;1-3-2;1-2/h4-9H2,1-3H3;1-2,4,6H,3,5,7H2;3,6H,1-2H3,(H2,5,7);3H,1-2H3;1H2. The number of nitrogens with two attached hydrogens (primary N) is 1. The first-order valence-corrected chi connectivity index (χ1v) is 12.4. The predicted octanol–water partition coefficient (Wildman–Crippen LogP) is 3.18. The van der Waals surface area contributed by atoms with Gasteiger partial charge in [-0.1, -0.05) is 45.4 Å². The fourth-order valence-electron chi connectivity index (χ4n) is 3.05. The molecular formula is C27H50N4O4. The second-order valence-corrected chi connectivity index (χ2v) is 9.25. The van der Waals surface area contributed by atoms with Crippen LogP contribution >= 0.6 is 0 Å². The molecule has 1 aromatic carbocycles. The number of likely N-dealkylation sites (N-methyl/N-ethyl adjacent to an activating group) is 1. The highest BCUT2D eigenvalue weighted by atomic mass is 16.5. The molecule has 8 nitrogen and oxygen atoms in total. The minimum absolute atomic E-state index is 0.180. The number of amides is 2. The first-order chi connectivity index (χ1) is 16.6. The lowest BCUT2D eigenvalue weighted by molar-refractivity contribution is -0.132. The molecule has 4 N–H and O–H groups in total. The lowest BCUT2D eigenvalue weighted by Gasteiger charge is -2.25. The number of nitrogens with zero attached hydrogens (tertiary/aromatic N) is 1. The molecule has 35 heavy (non-hydrogen) atoms. The highest BCUT2D eigenvalue weighted by molar-refractivity contribution is 5.79. The zero-order valence-corrected chi connectivity index (χ0v) is 23.1. The van der Waals surface area contributed by atoms with Crippen molar-refractivity contribution in [3.05, 3.63) is 29.8 Å². The summed E-state index contributed by atoms with van der Waals surface area (Å²) in [6, 6.07) is 8.04. The van der Waals surface area contributed by atoms with Crippen molar-refractivity contribution in [2.45, 2.75) is 72.3 Å². The van der Waals surface area contributed by atoms with Gasteiger partial charge in [0.15, 0.2) is 0 Å². The van der Waals surface area contributed by atoms with Gasteiger partial charge in [0.1, 0.15) is 12.5 Å². The minimum atomic E-state index is -0.317. The molecule has 8 heteroatoms. The summed E-state index contributed by atoms with van der Waals surface area (Å²) in [5.41, 5.74) is 6.38. The first-order valence-electron chi connectivity index (χ1n) is 12.4. The SMILES string of the molecule is C=O.CCC(C)(C)CC(=O)N1CCCC1.CNC.CNC(C)C(N)=O.c1ccc2c(c1)CCCO2. The summed E-state index contributed by atoms with van der Waals surface area (Å²) in [6.07, 6.45) is 6.51. The van der Waals surface area contributed by atoms with Crippen LogP contribution in [0.3, 0.4) is 0 Å². The Morgan fingerprint density at radius 3 is 2.09 bits per heavy atom. The van der Waals surface area contributed by atoms with Crippen molar-refractivity contribution in [2.24, 2.45) is 11.1 Å². The van der Waals surface area contributed by atoms with E-state index in [1.165, 1.54) is 24.8 Å². The summed E-state index contributed by atoms with van der Waals surface area (Å²) in [7, 11) is 5.44. The predicted molar refractivity (Wildman–Crippen MR) is 145 cm³/mol. The third kappa shape index (κ3) is 16.8. The molecule has 2 amide bonds. The van der Waals surface area contributed by atoms with E-state index in [0.29, 0.717) is 12.3 Å². The average molecular weight is 495 g/mol. The molecule has 0 aliphatic carbocycles. The van der Waals surface area contributed by atoms with Crippen molar-refractivity contribution in [3.8, 4) is 5.75 Å². The quantitative estimate of drug-likeness (QED) is 0.579. The van der Waals surface area contributed by atoms with Crippen molar-refractivity contribution in [1.82, 2.24) is 15.5 Å². The van der Waals surface area contributed by atoms with Gasteiger partial charge in [0.25, 0.3) is 0 Å². The minimum Gasteiger partial charge on any atom is -0.493 e. The molecule has 0 radical (unpaired) electrons. The van der Waals surface area contributed by atoms with E-state index in [-0.39, 0.29) is 17.4 Å². The zero-order valence-electron chi connectivity index (χ0n) is 23.1. The van der Waals surface area contributed by atoms with Gasteiger partial charge in [-0.25, -0.2) is 0 Å². The Hall–Kier alpha value is -2.45. The van der Waals surface area contributed by atoms with Gasteiger partial charge < -0.3 is 30.8 Å². The van der Waals surface area contributed by atoms with E-state index in [2.05, 4.69) is 43.5 Å². The maximum Gasteiger partial charge on any atom is 0.234 e. The lowest BCUT2D eigenvalue weighted by Crippen LogP contribution is -2.36. The number of benzene rings is 1. The normalized spacial score (nSPS) is 14.4. The summed E-state index contributed by atoms with van der Waals surface area (Å²) >= 11 is 0. The first kappa shape index (κ1) is 34.7. The third-order valence-corrected chi connectivity index (χ3v) is 5.73. The van der Waals surface area contributed by atoms with Gasteiger partial charge in [0.05, 0.1) is 12.6 Å². The number of nitrogens with one attached hydrogen (secondary N) is 2. The molecule has 0 aromatic heterocycles. The van der Waals surface area contributed by atoms with E-state index < -0.39 is 0 Å². The molecule has 202 valence electrons. The summed E-state index contributed by atoms with van der Waals surface area (Å²) in [6.45, 7) is 13.1. The molecule has 2 aliphatic heterocycles. The van der Waals surface area contributed by atoms with Gasteiger partial charge in [-0.15, -0.1) is 0 Å². The van der Waals surface area contributed by atoms with Crippen LogP contribution < -0.4 is 21.1 Å². The third-order valence-electron chi connectivity index (χ3n) is 5.73. The Morgan fingerprint density at radius 1 is 1.11 bits per heavy atom. The number of hydrogen-bond donors (Lipinski definition) is 3. The molecule has 3 rings (SSSR count). The van der Waals surface area contributed by atoms with Gasteiger partial charge in [0, 0.05) is 19.5 Å². The van der Waals surface area contributed by atoms with E-state index >= 15 is 0 Å². The number of carbonyl (C=O) groups is 3. The molecule has 2 aliphatic rings. The molecule has 1 saturated heterocycles. The Kier molecular flexibility index (Phi) is 20.7. The number of ether oxygens (including phenoxy) is 1. The number of rotatable bonds is 5. The van der Waals surface area contributed by atoms with Gasteiger partial charge in [-0.2, -0.15) is 0 Å².